The van der Waals surface area contributed by atoms with Gasteiger partial charge in [-0.3, -0.25) is 4.98 Å². The van der Waals surface area contributed by atoms with E-state index in [1.165, 1.54) is 5.56 Å². The Morgan fingerprint density at radius 2 is 1.95 bits per heavy atom. The summed E-state index contributed by atoms with van der Waals surface area (Å²) in [7, 11) is 1.64. The van der Waals surface area contributed by atoms with Crippen LogP contribution >= 0.6 is 0 Å². The van der Waals surface area contributed by atoms with Gasteiger partial charge in [0, 0.05) is 38.7 Å². The predicted molar refractivity (Wildman–Crippen MR) is 83.2 cm³/mol. The number of ether oxygens (including phenoxy) is 1. The Hall–Kier alpha value is -2.21. The van der Waals surface area contributed by atoms with Gasteiger partial charge in [0.2, 0.25) is 0 Å². The van der Waals surface area contributed by atoms with Crippen molar-refractivity contribution in [1.82, 2.24) is 15.0 Å². The molecule has 6 heteroatoms. The standard InChI is InChI=1S/C15H21N5O/c1-4-17-13-7-14(20-15(19-13)10-21-3)18-9-12-5-6-16-8-11(12)2/h5-8H,4,9-10H2,1-3H3,(H2,17,18,19,20). The van der Waals surface area contributed by atoms with E-state index in [1.54, 1.807) is 13.3 Å². The normalized spacial score (nSPS) is 10.4. The van der Waals surface area contributed by atoms with Crippen LogP contribution in [0.5, 0.6) is 0 Å². The SMILES string of the molecule is CCNc1cc(NCc2ccncc2C)nc(COC)n1. The van der Waals surface area contributed by atoms with Gasteiger partial charge >= 0.3 is 0 Å². The summed E-state index contributed by atoms with van der Waals surface area (Å²) in [6, 6.07) is 3.91. The molecule has 0 radical (unpaired) electrons. The molecule has 2 heterocycles. The van der Waals surface area contributed by atoms with E-state index in [4.69, 9.17) is 4.74 Å². The third-order valence-electron chi connectivity index (χ3n) is 3.00. The van der Waals surface area contributed by atoms with Crippen LogP contribution in [0.4, 0.5) is 11.6 Å². The zero-order valence-corrected chi connectivity index (χ0v) is 12.7. The fourth-order valence-corrected chi connectivity index (χ4v) is 1.94. The van der Waals surface area contributed by atoms with Gasteiger partial charge in [-0.05, 0) is 31.0 Å². The Balaban J connectivity index is 2.13. The van der Waals surface area contributed by atoms with E-state index in [0.717, 1.165) is 23.7 Å². The molecule has 0 fully saturated rings. The van der Waals surface area contributed by atoms with Crippen molar-refractivity contribution < 1.29 is 4.74 Å². The minimum absolute atomic E-state index is 0.391. The van der Waals surface area contributed by atoms with E-state index >= 15 is 0 Å². The van der Waals surface area contributed by atoms with Gasteiger partial charge in [0.05, 0.1) is 0 Å². The van der Waals surface area contributed by atoms with Gasteiger partial charge < -0.3 is 15.4 Å². The van der Waals surface area contributed by atoms with Crippen molar-refractivity contribution >= 4 is 11.6 Å². The molecule has 0 aliphatic rings. The zero-order valence-electron chi connectivity index (χ0n) is 12.7. The van der Waals surface area contributed by atoms with Crippen molar-refractivity contribution in [2.24, 2.45) is 0 Å². The van der Waals surface area contributed by atoms with E-state index in [0.29, 0.717) is 19.0 Å². The predicted octanol–water partition coefficient (Wildman–Crippen LogP) is 2.37. The van der Waals surface area contributed by atoms with Gasteiger partial charge in [-0.25, -0.2) is 9.97 Å². The lowest BCUT2D eigenvalue weighted by Gasteiger charge is -2.11. The molecule has 6 nitrogen and oxygen atoms in total. The molecule has 0 aromatic carbocycles. The second kappa shape index (κ2) is 7.54. The third-order valence-corrected chi connectivity index (χ3v) is 3.00. The van der Waals surface area contributed by atoms with Crippen molar-refractivity contribution in [3.8, 4) is 0 Å². The molecular formula is C15H21N5O. The van der Waals surface area contributed by atoms with Gasteiger partial charge in [-0.15, -0.1) is 0 Å². The number of aromatic nitrogens is 3. The van der Waals surface area contributed by atoms with Gasteiger partial charge in [0.1, 0.15) is 18.2 Å². The van der Waals surface area contributed by atoms with Crippen LogP contribution in [-0.2, 0) is 17.9 Å². The minimum atomic E-state index is 0.391. The molecule has 0 unspecified atom stereocenters. The van der Waals surface area contributed by atoms with E-state index in [-0.39, 0.29) is 0 Å². The first-order valence-corrected chi connectivity index (χ1v) is 6.97. The van der Waals surface area contributed by atoms with Crippen molar-refractivity contribution in [3.05, 3.63) is 41.5 Å². The topological polar surface area (TPSA) is 72.0 Å². The lowest BCUT2D eigenvalue weighted by Crippen LogP contribution is -2.09. The maximum atomic E-state index is 5.11. The average molecular weight is 287 g/mol. The Labute approximate surface area is 125 Å². The molecule has 0 saturated heterocycles. The summed E-state index contributed by atoms with van der Waals surface area (Å²) in [6.07, 6.45) is 3.65. The van der Waals surface area contributed by atoms with Crippen LogP contribution < -0.4 is 10.6 Å². The summed E-state index contributed by atoms with van der Waals surface area (Å²) in [6.45, 7) is 5.98. The van der Waals surface area contributed by atoms with E-state index in [1.807, 2.05) is 32.2 Å². The molecule has 0 aliphatic heterocycles. The van der Waals surface area contributed by atoms with Gasteiger partial charge in [0.25, 0.3) is 0 Å². The summed E-state index contributed by atoms with van der Waals surface area (Å²) in [5, 5.41) is 6.52. The highest BCUT2D eigenvalue weighted by atomic mass is 16.5. The van der Waals surface area contributed by atoms with E-state index in [9.17, 15) is 0 Å². The minimum Gasteiger partial charge on any atom is -0.377 e. The van der Waals surface area contributed by atoms with Gasteiger partial charge in [0.15, 0.2) is 5.82 Å². The molecule has 2 N–H and O–H groups in total. The molecule has 0 atom stereocenters. The van der Waals surface area contributed by atoms with Crippen LogP contribution in [0.2, 0.25) is 0 Å². The number of hydrogen-bond donors (Lipinski definition) is 2. The molecule has 2 aromatic rings. The fraction of sp³-hybridized carbons (Fsp3) is 0.400. The second-order valence-electron chi connectivity index (χ2n) is 4.67. The molecule has 0 spiro atoms. The lowest BCUT2D eigenvalue weighted by atomic mass is 10.1. The fourth-order valence-electron chi connectivity index (χ4n) is 1.94. The first kappa shape index (κ1) is 15.2. The van der Waals surface area contributed by atoms with Crippen LogP contribution in [0.25, 0.3) is 0 Å². The van der Waals surface area contributed by atoms with Gasteiger partial charge in [-0.1, -0.05) is 0 Å². The Bertz CT molecular complexity index is 564. The molecular weight excluding hydrogens is 266 g/mol. The maximum absolute atomic E-state index is 5.11. The highest BCUT2D eigenvalue weighted by Gasteiger charge is 2.05. The molecule has 2 rings (SSSR count). The first-order chi connectivity index (χ1) is 10.2. The molecule has 21 heavy (non-hydrogen) atoms. The van der Waals surface area contributed by atoms with Crippen LogP contribution in [-0.4, -0.2) is 28.6 Å². The van der Waals surface area contributed by atoms with Crippen molar-refractivity contribution in [3.63, 3.8) is 0 Å². The number of nitrogens with zero attached hydrogens (tertiary/aromatic N) is 3. The number of aryl methyl sites for hydroxylation is 1. The van der Waals surface area contributed by atoms with Gasteiger partial charge in [-0.2, -0.15) is 0 Å². The maximum Gasteiger partial charge on any atom is 0.158 e. The van der Waals surface area contributed by atoms with Crippen LogP contribution in [0.15, 0.2) is 24.5 Å². The van der Waals surface area contributed by atoms with E-state index in [2.05, 4.69) is 25.6 Å². The number of anilines is 2. The number of hydrogen-bond acceptors (Lipinski definition) is 6. The zero-order chi connectivity index (χ0) is 15.1. The molecule has 0 saturated carbocycles. The monoisotopic (exact) mass is 287 g/mol. The summed E-state index contributed by atoms with van der Waals surface area (Å²) in [4.78, 5) is 12.9. The molecule has 0 amide bonds. The van der Waals surface area contributed by atoms with Crippen LogP contribution in [0, 0.1) is 6.92 Å². The largest absolute Gasteiger partial charge is 0.377 e. The molecule has 2 aromatic heterocycles. The summed E-state index contributed by atoms with van der Waals surface area (Å²) in [5.74, 6) is 2.24. The molecule has 0 bridgehead atoms. The Morgan fingerprint density at radius 3 is 2.62 bits per heavy atom. The molecule has 112 valence electrons. The van der Waals surface area contributed by atoms with Crippen LogP contribution in [0.3, 0.4) is 0 Å². The van der Waals surface area contributed by atoms with Crippen LogP contribution in [0.1, 0.15) is 23.9 Å². The molecule has 0 aliphatic carbocycles. The average Bonchev–Trinajstić information content (AvgIpc) is 2.47. The summed E-state index contributed by atoms with van der Waals surface area (Å²) in [5.41, 5.74) is 2.35. The van der Waals surface area contributed by atoms with E-state index < -0.39 is 0 Å². The number of rotatable bonds is 7. The highest BCUT2D eigenvalue weighted by molar-refractivity contribution is 5.48. The second-order valence-corrected chi connectivity index (χ2v) is 4.67. The highest BCUT2D eigenvalue weighted by Crippen LogP contribution is 2.14. The third kappa shape index (κ3) is 4.39. The number of methoxy groups -OCH3 is 1. The first-order valence-electron chi connectivity index (χ1n) is 6.97. The quantitative estimate of drug-likeness (QED) is 0.814. The van der Waals surface area contributed by atoms with Crippen molar-refractivity contribution in [2.45, 2.75) is 27.0 Å². The lowest BCUT2D eigenvalue weighted by molar-refractivity contribution is 0.178. The summed E-state index contributed by atoms with van der Waals surface area (Å²) >= 11 is 0. The Morgan fingerprint density at radius 1 is 1.19 bits per heavy atom. The van der Waals surface area contributed by atoms with Crippen molar-refractivity contribution in [1.29, 1.82) is 0 Å². The summed E-state index contributed by atoms with van der Waals surface area (Å²) < 4.78 is 5.11. The van der Waals surface area contributed by atoms with Crippen molar-refractivity contribution in [2.75, 3.05) is 24.3 Å². The Kier molecular flexibility index (Phi) is 5.45. The number of pyridine rings is 1. The number of nitrogens with one attached hydrogen (secondary N) is 2. The smallest absolute Gasteiger partial charge is 0.158 e.